The summed E-state index contributed by atoms with van der Waals surface area (Å²) in [7, 11) is 5.67. The van der Waals surface area contributed by atoms with Crippen LogP contribution in [0.15, 0.2) is 48.5 Å². The van der Waals surface area contributed by atoms with Crippen molar-refractivity contribution in [1.29, 1.82) is 0 Å². The maximum atomic E-state index is 9.63. The summed E-state index contributed by atoms with van der Waals surface area (Å²) in [6, 6.07) is 15.3. The Labute approximate surface area is 136 Å². The summed E-state index contributed by atoms with van der Waals surface area (Å²) in [5.41, 5.74) is 1.62. The Hall–Kier alpha value is -2.08. The lowest BCUT2D eigenvalue weighted by molar-refractivity contribution is -0.0897. The fourth-order valence-corrected chi connectivity index (χ4v) is 3.53. The second-order valence-corrected chi connectivity index (χ2v) is 5.77. The molecule has 0 aromatic heterocycles. The zero-order valence-corrected chi connectivity index (χ0v) is 13.7. The minimum atomic E-state index is -0.826. The second-order valence-electron chi connectivity index (χ2n) is 5.77. The van der Waals surface area contributed by atoms with Gasteiger partial charge in [0.05, 0.1) is 0 Å². The van der Waals surface area contributed by atoms with Crippen LogP contribution in [0.2, 0.25) is 0 Å². The van der Waals surface area contributed by atoms with E-state index in [9.17, 15) is 5.11 Å². The lowest BCUT2D eigenvalue weighted by atomic mass is 9.76. The maximum Gasteiger partial charge on any atom is 0.240 e. The molecular formula is C18H23N3O2. The molecule has 4 N–H and O–H groups in total. The number of hydrogen-bond acceptors (Lipinski definition) is 5. The Bertz CT molecular complexity index is 683. The van der Waals surface area contributed by atoms with Crippen molar-refractivity contribution in [1.82, 2.24) is 16.0 Å². The fourth-order valence-electron chi connectivity index (χ4n) is 3.53. The van der Waals surface area contributed by atoms with Crippen LogP contribution in [-0.4, -0.2) is 32.1 Å². The summed E-state index contributed by atoms with van der Waals surface area (Å²) in [4.78, 5) is 0. The normalized spacial score (nSPS) is 22.2. The van der Waals surface area contributed by atoms with Crippen LogP contribution < -0.4 is 20.7 Å². The highest BCUT2D eigenvalue weighted by Crippen LogP contribution is 2.43. The van der Waals surface area contributed by atoms with Crippen molar-refractivity contribution in [2.24, 2.45) is 0 Å². The number of ether oxygens (including phenoxy) is 1. The molecule has 0 saturated carbocycles. The molecule has 1 heterocycles. The predicted octanol–water partition coefficient (Wildman–Crippen LogP) is 1.53. The molecule has 1 unspecified atom stereocenters. The Morgan fingerprint density at radius 3 is 2.17 bits per heavy atom. The molecule has 23 heavy (non-hydrogen) atoms. The average Bonchev–Trinajstić information content (AvgIpc) is 2.60. The van der Waals surface area contributed by atoms with Crippen LogP contribution >= 0.6 is 0 Å². The summed E-state index contributed by atoms with van der Waals surface area (Å²) in [6.45, 7) is 0. The van der Waals surface area contributed by atoms with Gasteiger partial charge < -0.3 is 15.2 Å². The quantitative estimate of drug-likeness (QED) is 0.645. The molecule has 0 fully saturated rings. The first-order chi connectivity index (χ1) is 11.1. The van der Waals surface area contributed by atoms with E-state index in [1.54, 1.807) is 12.1 Å². The number of phenols is 1. The molecular weight excluding hydrogens is 290 g/mol. The standard InChI is InChI=1S/C18H23N3O2/c1-19-17(14-8-10-15(22)11-9-14)12-13-6-4-5-7-16(13)23-18(17,20-2)21-3/h4-11,19-22H,12H2,1-3H3. The van der Waals surface area contributed by atoms with Gasteiger partial charge in [0.2, 0.25) is 5.85 Å². The van der Waals surface area contributed by atoms with Crippen molar-refractivity contribution in [2.45, 2.75) is 17.8 Å². The molecule has 5 nitrogen and oxygen atoms in total. The van der Waals surface area contributed by atoms with Crippen LogP contribution in [0.5, 0.6) is 11.5 Å². The molecule has 1 aliphatic heterocycles. The van der Waals surface area contributed by atoms with Crippen molar-refractivity contribution in [2.75, 3.05) is 21.1 Å². The molecule has 1 aliphatic rings. The number of rotatable bonds is 4. The highest BCUT2D eigenvalue weighted by atomic mass is 16.5. The number of nitrogens with one attached hydrogen (secondary N) is 3. The third-order valence-corrected chi connectivity index (χ3v) is 4.78. The average molecular weight is 313 g/mol. The van der Waals surface area contributed by atoms with E-state index in [0.717, 1.165) is 23.3 Å². The van der Waals surface area contributed by atoms with E-state index in [0.29, 0.717) is 0 Å². The van der Waals surface area contributed by atoms with Crippen LogP contribution in [0, 0.1) is 0 Å². The van der Waals surface area contributed by atoms with Crippen molar-refractivity contribution in [3.63, 3.8) is 0 Å². The lowest BCUT2D eigenvalue weighted by Crippen LogP contribution is -2.77. The number of para-hydroxylation sites is 1. The first-order valence-electron chi connectivity index (χ1n) is 7.74. The van der Waals surface area contributed by atoms with Gasteiger partial charge in [0, 0.05) is 6.42 Å². The van der Waals surface area contributed by atoms with E-state index in [-0.39, 0.29) is 5.75 Å². The van der Waals surface area contributed by atoms with Gasteiger partial charge in [0.25, 0.3) is 0 Å². The minimum Gasteiger partial charge on any atom is -0.508 e. The van der Waals surface area contributed by atoms with Crippen molar-refractivity contribution in [3.05, 3.63) is 59.7 Å². The predicted molar refractivity (Wildman–Crippen MR) is 90.5 cm³/mol. The number of aromatic hydroxyl groups is 1. The van der Waals surface area contributed by atoms with Gasteiger partial charge in [-0.05, 0) is 50.5 Å². The van der Waals surface area contributed by atoms with Gasteiger partial charge in [-0.1, -0.05) is 30.3 Å². The van der Waals surface area contributed by atoms with Gasteiger partial charge in [-0.3, -0.25) is 10.6 Å². The highest BCUT2D eigenvalue weighted by molar-refractivity contribution is 5.44. The molecule has 3 rings (SSSR count). The molecule has 5 heteroatoms. The van der Waals surface area contributed by atoms with E-state index in [4.69, 9.17) is 4.74 Å². The zero-order valence-electron chi connectivity index (χ0n) is 13.7. The van der Waals surface area contributed by atoms with Crippen LogP contribution in [0.25, 0.3) is 0 Å². The summed E-state index contributed by atoms with van der Waals surface area (Å²) >= 11 is 0. The lowest BCUT2D eigenvalue weighted by Gasteiger charge is -2.53. The SMILES string of the molecule is CNC1(NC)Oc2ccccc2CC1(NC)c1ccc(O)cc1. The highest BCUT2D eigenvalue weighted by Gasteiger charge is 2.55. The van der Waals surface area contributed by atoms with E-state index in [1.807, 2.05) is 51.5 Å². The monoisotopic (exact) mass is 313 g/mol. The van der Waals surface area contributed by atoms with E-state index in [1.165, 1.54) is 0 Å². The summed E-state index contributed by atoms with van der Waals surface area (Å²) < 4.78 is 6.36. The molecule has 2 aromatic rings. The van der Waals surface area contributed by atoms with Crippen LogP contribution in [0.3, 0.4) is 0 Å². The number of benzene rings is 2. The molecule has 0 amide bonds. The summed E-state index contributed by atoms with van der Waals surface area (Å²) in [6.07, 6.45) is 0.742. The van der Waals surface area contributed by atoms with Gasteiger partial charge in [-0.15, -0.1) is 0 Å². The molecule has 0 radical (unpaired) electrons. The van der Waals surface area contributed by atoms with E-state index < -0.39 is 11.4 Å². The van der Waals surface area contributed by atoms with E-state index in [2.05, 4.69) is 22.0 Å². The van der Waals surface area contributed by atoms with Crippen molar-refractivity contribution in [3.8, 4) is 11.5 Å². The topological polar surface area (TPSA) is 65.5 Å². The first kappa shape index (κ1) is 15.8. The zero-order chi connectivity index (χ0) is 16.5. The van der Waals surface area contributed by atoms with Gasteiger partial charge >= 0.3 is 0 Å². The van der Waals surface area contributed by atoms with Gasteiger partial charge in [0.1, 0.15) is 17.0 Å². The van der Waals surface area contributed by atoms with Gasteiger partial charge in [0.15, 0.2) is 0 Å². The Morgan fingerprint density at radius 1 is 0.913 bits per heavy atom. The number of phenolic OH excluding ortho intramolecular Hbond substituents is 1. The number of likely N-dealkylation sites (N-methyl/N-ethyl adjacent to an activating group) is 3. The minimum absolute atomic E-state index is 0.247. The Balaban J connectivity index is 2.21. The van der Waals surface area contributed by atoms with Gasteiger partial charge in [-0.2, -0.15) is 0 Å². The van der Waals surface area contributed by atoms with Crippen LogP contribution in [-0.2, 0) is 12.0 Å². The molecule has 0 aliphatic carbocycles. The molecule has 1 atom stereocenters. The van der Waals surface area contributed by atoms with Crippen molar-refractivity contribution >= 4 is 0 Å². The molecule has 0 spiro atoms. The van der Waals surface area contributed by atoms with Crippen LogP contribution in [0.4, 0.5) is 0 Å². The Kier molecular flexibility index (Phi) is 4.02. The van der Waals surface area contributed by atoms with Crippen LogP contribution in [0.1, 0.15) is 11.1 Å². The van der Waals surface area contributed by atoms with Crippen molar-refractivity contribution < 1.29 is 9.84 Å². The third-order valence-electron chi connectivity index (χ3n) is 4.78. The summed E-state index contributed by atoms with van der Waals surface area (Å²) in [5, 5.41) is 19.7. The molecule has 122 valence electrons. The second kappa shape index (κ2) is 5.85. The van der Waals surface area contributed by atoms with E-state index >= 15 is 0 Å². The maximum absolute atomic E-state index is 9.63. The first-order valence-corrected chi connectivity index (χ1v) is 7.74. The molecule has 0 bridgehead atoms. The largest absolute Gasteiger partial charge is 0.508 e. The molecule has 0 saturated heterocycles. The molecule has 2 aromatic carbocycles. The third kappa shape index (κ3) is 2.28. The van der Waals surface area contributed by atoms with Gasteiger partial charge in [-0.25, -0.2) is 0 Å². The fraction of sp³-hybridized carbons (Fsp3) is 0.333. The smallest absolute Gasteiger partial charge is 0.240 e. The number of fused-ring (bicyclic) bond motifs is 1. The number of hydrogen-bond donors (Lipinski definition) is 4. The summed E-state index contributed by atoms with van der Waals surface area (Å²) in [5.74, 6) is 0.282. The Morgan fingerprint density at radius 2 is 1.57 bits per heavy atom.